The molecule has 3 amide bonds. The van der Waals surface area contributed by atoms with Crippen LogP contribution in [0.4, 0.5) is 4.79 Å². The topological polar surface area (TPSA) is 76.2 Å². The molecule has 0 spiro atoms. The second-order valence-corrected chi connectivity index (χ2v) is 8.20. The summed E-state index contributed by atoms with van der Waals surface area (Å²) in [5.74, 6) is 0.435. The first kappa shape index (κ1) is 21.0. The van der Waals surface area contributed by atoms with Crippen molar-refractivity contribution in [1.29, 1.82) is 0 Å². The van der Waals surface area contributed by atoms with Crippen molar-refractivity contribution < 1.29 is 23.9 Å². The minimum Gasteiger partial charge on any atom is -0.497 e. The Morgan fingerprint density at radius 2 is 1.87 bits per heavy atom. The lowest BCUT2D eigenvalue weighted by Crippen LogP contribution is -2.44. The predicted octanol–water partition coefficient (Wildman–Crippen LogP) is 3.33. The minimum absolute atomic E-state index is 0.239. The number of imide groups is 1. The summed E-state index contributed by atoms with van der Waals surface area (Å²) >= 11 is 0.818. The molecule has 4 rings (SSSR count). The first-order valence-corrected chi connectivity index (χ1v) is 10.6. The molecule has 2 aromatic rings. The van der Waals surface area contributed by atoms with E-state index in [0.29, 0.717) is 30.2 Å². The zero-order valence-electron chi connectivity index (χ0n) is 17.3. The zero-order chi connectivity index (χ0) is 22.0. The molecule has 1 saturated heterocycles. The highest BCUT2D eigenvalue weighted by Gasteiger charge is 2.37. The molecule has 0 aliphatic carbocycles. The van der Waals surface area contributed by atoms with E-state index in [0.717, 1.165) is 28.6 Å². The third kappa shape index (κ3) is 4.29. The number of fused-ring (bicyclic) bond motifs is 1. The predicted molar refractivity (Wildman–Crippen MR) is 118 cm³/mol. The van der Waals surface area contributed by atoms with E-state index in [1.54, 1.807) is 36.3 Å². The van der Waals surface area contributed by atoms with Gasteiger partial charge in [0.25, 0.3) is 11.1 Å². The molecule has 0 saturated carbocycles. The Morgan fingerprint density at radius 1 is 1.10 bits per heavy atom. The third-order valence-corrected chi connectivity index (χ3v) is 6.28. The molecular formula is C23H22N2O5S. The molecule has 7 nitrogen and oxygen atoms in total. The molecule has 31 heavy (non-hydrogen) atoms. The summed E-state index contributed by atoms with van der Waals surface area (Å²) in [6.07, 6.45) is 2.35. The summed E-state index contributed by atoms with van der Waals surface area (Å²) in [5, 5.41) is -0.455. The largest absolute Gasteiger partial charge is 0.497 e. The van der Waals surface area contributed by atoms with Crippen LogP contribution in [-0.4, -0.2) is 54.2 Å². The SMILES string of the molecule is COc1ccc(OC)c(/C=C2\SC(=O)N(CC(=O)N3CCc4ccccc4C3)C2=O)c1. The second-order valence-electron chi connectivity index (χ2n) is 7.21. The van der Waals surface area contributed by atoms with E-state index in [4.69, 9.17) is 9.47 Å². The summed E-state index contributed by atoms with van der Waals surface area (Å²) in [5.41, 5.74) is 2.94. The first-order chi connectivity index (χ1) is 15.0. The Balaban J connectivity index is 1.49. The van der Waals surface area contributed by atoms with Gasteiger partial charge in [-0.25, -0.2) is 0 Å². The number of hydrogen-bond donors (Lipinski definition) is 0. The van der Waals surface area contributed by atoms with Crippen LogP contribution in [0.25, 0.3) is 6.08 Å². The summed E-state index contributed by atoms with van der Waals surface area (Å²) in [7, 11) is 3.07. The fourth-order valence-electron chi connectivity index (χ4n) is 3.67. The molecule has 8 heteroatoms. The number of methoxy groups -OCH3 is 2. The molecule has 2 aliphatic rings. The maximum atomic E-state index is 12.9. The average Bonchev–Trinajstić information content (AvgIpc) is 3.05. The molecule has 2 aromatic carbocycles. The van der Waals surface area contributed by atoms with Gasteiger partial charge in [0.15, 0.2) is 0 Å². The van der Waals surface area contributed by atoms with Crippen LogP contribution in [0.2, 0.25) is 0 Å². The standard InChI is InChI=1S/C23H22N2O5S/c1-29-18-7-8-19(30-2)17(11-18)12-20-22(27)25(23(28)31-20)14-21(26)24-10-9-15-5-3-4-6-16(15)13-24/h3-8,11-12H,9-10,13-14H2,1-2H3/b20-12-. The molecule has 0 atom stereocenters. The van der Waals surface area contributed by atoms with Gasteiger partial charge in [-0.2, -0.15) is 0 Å². The van der Waals surface area contributed by atoms with Gasteiger partial charge in [-0.3, -0.25) is 19.3 Å². The number of carbonyl (C=O) groups is 3. The van der Waals surface area contributed by atoms with Crippen molar-refractivity contribution in [3.8, 4) is 11.5 Å². The highest BCUT2D eigenvalue weighted by atomic mass is 32.2. The lowest BCUT2D eigenvalue weighted by molar-refractivity contribution is -0.136. The summed E-state index contributed by atoms with van der Waals surface area (Å²) in [6, 6.07) is 13.2. The van der Waals surface area contributed by atoms with Crippen LogP contribution in [0.5, 0.6) is 11.5 Å². The quantitative estimate of drug-likeness (QED) is 0.667. The van der Waals surface area contributed by atoms with Crippen LogP contribution in [0.15, 0.2) is 47.4 Å². The van der Waals surface area contributed by atoms with Crippen LogP contribution < -0.4 is 9.47 Å². The minimum atomic E-state index is -0.481. The van der Waals surface area contributed by atoms with Crippen molar-refractivity contribution >= 4 is 34.9 Å². The highest BCUT2D eigenvalue weighted by molar-refractivity contribution is 8.18. The van der Waals surface area contributed by atoms with Crippen LogP contribution >= 0.6 is 11.8 Å². The Kier molecular flexibility index (Phi) is 5.99. The lowest BCUT2D eigenvalue weighted by atomic mass is 10.00. The summed E-state index contributed by atoms with van der Waals surface area (Å²) in [4.78, 5) is 41.1. The van der Waals surface area contributed by atoms with Gasteiger partial charge in [0.05, 0.1) is 19.1 Å². The van der Waals surface area contributed by atoms with E-state index in [-0.39, 0.29) is 17.4 Å². The molecule has 2 aliphatic heterocycles. The average molecular weight is 439 g/mol. The van der Waals surface area contributed by atoms with Crippen molar-refractivity contribution in [1.82, 2.24) is 9.80 Å². The molecule has 2 heterocycles. The fourth-order valence-corrected chi connectivity index (χ4v) is 4.50. The maximum absolute atomic E-state index is 12.9. The van der Waals surface area contributed by atoms with E-state index < -0.39 is 11.1 Å². The molecule has 1 fully saturated rings. The number of nitrogens with zero attached hydrogens (tertiary/aromatic N) is 2. The fraction of sp³-hybridized carbons (Fsp3) is 0.261. The maximum Gasteiger partial charge on any atom is 0.294 e. The van der Waals surface area contributed by atoms with Crippen LogP contribution in [0, 0.1) is 0 Å². The van der Waals surface area contributed by atoms with Crippen molar-refractivity contribution in [2.45, 2.75) is 13.0 Å². The van der Waals surface area contributed by atoms with E-state index >= 15 is 0 Å². The van der Waals surface area contributed by atoms with Gasteiger partial charge < -0.3 is 14.4 Å². The van der Waals surface area contributed by atoms with Gasteiger partial charge in [-0.15, -0.1) is 0 Å². The number of thioether (sulfide) groups is 1. The lowest BCUT2D eigenvalue weighted by Gasteiger charge is -2.29. The molecule has 0 radical (unpaired) electrons. The Labute approximate surface area is 184 Å². The molecule has 0 bridgehead atoms. The number of amides is 3. The number of benzene rings is 2. The van der Waals surface area contributed by atoms with Gasteiger partial charge in [0.2, 0.25) is 5.91 Å². The first-order valence-electron chi connectivity index (χ1n) is 9.82. The van der Waals surface area contributed by atoms with Crippen LogP contribution in [0.3, 0.4) is 0 Å². The number of ether oxygens (including phenoxy) is 2. The number of carbonyl (C=O) groups excluding carboxylic acids is 3. The van der Waals surface area contributed by atoms with Gasteiger partial charge in [-0.05, 0) is 53.6 Å². The third-order valence-electron chi connectivity index (χ3n) is 5.37. The highest BCUT2D eigenvalue weighted by Crippen LogP contribution is 2.35. The second kappa shape index (κ2) is 8.85. The number of hydrogen-bond acceptors (Lipinski definition) is 6. The van der Waals surface area contributed by atoms with Gasteiger partial charge >= 0.3 is 0 Å². The van der Waals surface area contributed by atoms with Crippen molar-refractivity contribution in [2.75, 3.05) is 27.3 Å². The molecule has 0 unspecified atom stereocenters. The van der Waals surface area contributed by atoms with Crippen molar-refractivity contribution in [2.24, 2.45) is 0 Å². The molecule has 0 N–H and O–H groups in total. The Morgan fingerprint density at radius 3 is 2.61 bits per heavy atom. The zero-order valence-corrected chi connectivity index (χ0v) is 18.1. The monoisotopic (exact) mass is 438 g/mol. The summed E-state index contributed by atoms with van der Waals surface area (Å²) in [6.45, 7) is 0.796. The van der Waals surface area contributed by atoms with Crippen molar-refractivity contribution in [3.63, 3.8) is 0 Å². The normalized spacial score (nSPS) is 17.2. The van der Waals surface area contributed by atoms with Crippen LogP contribution in [-0.2, 0) is 22.6 Å². The van der Waals surface area contributed by atoms with Gasteiger partial charge in [-0.1, -0.05) is 24.3 Å². The van der Waals surface area contributed by atoms with E-state index in [1.807, 2.05) is 18.2 Å². The molecular weight excluding hydrogens is 416 g/mol. The smallest absolute Gasteiger partial charge is 0.294 e. The van der Waals surface area contributed by atoms with Crippen molar-refractivity contribution in [3.05, 3.63) is 64.1 Å². The number of rotatable bonds is 5. The van der Waals surface area contributed by atoms with Gasteiger partial charge in [0.1, 0.15) is 18.0 Å². The summed E-state index contributed by atoms with van der Waals surface area (Å²) < 4.78 is 10.6. The van der Waals surface area contributed by atoms with Crippen LogP contribution in [0.1, 0.15) is 16.7 Å². The van der Waals surface area contributed by atoms with E-state index in [9.17, 15) is 14.4 Å². The van der Waals surface area contributed by atoms with E-state index in [1.165, 1.54) is 12.7 Å². The molecule has 0 aromatic heterocycles. The van der Waals surface area contributed by atoms with Gasteiger partial charge in [0, 0.05) is 18.7 Å². The Hall–Kier alpha value is -3.26. The van der Waals surface area contributed by atoms with E-state index in [2.05, 4.69) is 6.07 Å². The molecule has 160 valence electrons. The Bertz CT molecular complexity index is 1080.